The van der Waals surface area contributed by atoms with Crippen LogP contribution in [0.1, 0.15) is 31.2 Å². The average Bonchev–Trinajstić information content (AvgIpc) is 3.08. The minimum Gasteiger partial charge on any atom is -0.311 e. The summed E-state index contributed by atoms with van der Waals surface area (Å²) in [4.78, 5) is 14.7. The van der Waals surface area contributed by atoms with Crippen LogP contribution in [0.4, 0.5) is 5.69 Å². The number of nitrogens with one attached hydrogen (secondary N) is 1. The molecular formula is C18H24N2O3S2. The van der Waals surface area contributed by atoms with Gasteiger partial charge >= 0.3 is 0 Å². The van der Waals surface area contributed by atoms with Gasteiger partial charge in [0, 0.05) is 30.6 Å². The van der Waals surface area contributed by atoms with E-state index in [1.165, 1.54) is 18.3 Å². The van der Waals surface area contributed by atoms with Crippen LogP contribution in [-0.4, -0.2) is 27.4 Å². The van der Waals surface area contributed by atoms with E-state index >= 15 is 0 Å². The minimum absolute atomic E-state index is 0.107. The van der Waals surface area contributed by atoms with Gasteiger partial charge in [-0.2, -0.15) is 0 Å². The lowest BCUT2D eigenvalue weighted by Crippen LogP contribution is -2.37. The zero-order valence-electron chi connectivity index (χ0n) is 14.8. The summed E-state index contributed by atoms with van der Waals surface area (Å²) in [6.45, 7) is 5.97. The molecule has 1 amide bonds. The van der Waals surface area contributed by atoms with Gasteiger partial charge < -0.3 is 4.90 Å². The third-order valence-corrected chi connectivity index (χ3v) is 7.10. The zero-order chi connectivity index (χ0) is 18.4. The van der Waals surface area contributed by atoms with E-state index in [0.29, 0.717) is 4.21 Å². The van der Waals surface area contributed by atoms with E-state index in [2.05, 4.69) is 4.72 Å². The summed E-state index contributed by atoms with van der Waals surface area (Å²) in [5.74, 6) is -0.107. The lowest BCUT2D eigenvalue weighted by atomic mass is 10.1. The largest absolute Gasteiger partial charge is 0.311 e. The molecule has 2 aromatic rings. The second-order valence-electron chi connectivity index (χ2n) is 5.62. The smallest absolute Gasteiger partial charge is 0.250 e. The van der Waals surface area contributed by atoms with Gasteiger partial charge in [0.1, 0.15) is 4.21 Å². The molecule has 25 heavy (non-hydrogen) atoms. The van der Waals surface area contributed by atoms with Crippen molar-refractivity contribution in [1.82, 2.24) is 4.72 Å². The number of benzene rings is 1. The Labute approximate surface area is 153 Å². The van der Waals surface area contributed by atoms with Crippen molar-refractivity contribution in [2.75, 3.05) is 18.0 Å². The van der Waals surface area contributed by atoms with Crippen LogP contribution in [0.15, 0.2) is 40.6 Å². The number of hydrogen-bond acceptors (Lipinski definition) is 4. The van der Waals surface area contributed by atoms with Crippen molar-refractivity contribution in [1.29, 1.82) is 0 Å². The Morgan fingerprint density at radius 2 is 1.84 bits per heavy atom. The number of aryl methyl sites for hydroxylation is 2. The first kappa shape index (κ1) is 19.6. The Bertz CT molecular complexity index is 828. The molecule has 5 nitrogen and oxygen atoms in total. The monoisotopic (exact) mass is 380 g/mol. The highest BCUT2D eigenvalue weighted by Gasteiger charge is 2.19. The maximum Gasteiger partial charge on any atom is 0.250 e. The van der Waals surface area contributed by atoms with Crippen molar-refractivity contribution >= 4 is 33.0 Å². The first-order chi connectivity index (χ1) is 11.9. The van der Waals surface area contributed by atoms with Crippen LogP contribution >= 0.6 is 11.3 Å². The van der Waals surface area contributed by atoms with Gasteiger partial charge in [-0.25, -0.2) is 13.1 Å². The number of sulfonamides is 1. The maximum absolute atomic E-state index is 12.4. The molecule has 0 atom stereocenters. The minimum atomic E-state index is -3.54. The van der Waals surface area contributed by atoms with E-state index in [-0.39, 0.29) is 19.0 Å². The first-order valence-electron chi connectivity index (χ1n) is 8.33. The van der Waals surface area contributed by atoms with E-state index in [1.807, 2.05) is 44.2 Å². The van der Waals surface area contributed by atoms with Gasteiger partial charge in [-0.05, 0) is 36.6 Å². The molecule has 1 N–H and O–H groups in total. The van der Waals surface area contributed by atoms with Gasteiger partial charge in [0.05, 0.1) is 0 Å². The fraction of sp³-hybridized carbons (Fsp3) is 0.389. The van der Waals surface area contributed by atoms with Gasteiger partial charge in [-0.3, -0.25) is 4.79 Å². The molecule has 1 aromatic heterocycles. The van der Waals surface area contributed by atoms with Crippen LogP contribution in [0.5, 0.6) is 0 Å². The summed E-state index contributed by atoms with van der Waals surface area (Å²) in [6, 6.07) is 11.1. The predicted molar refractivity (Wildman–Crippen MR) is 103 cm³/mol. The summed E-state index contributed by atoms with van der Waals surface area (Å²) in [5.41, 5.74) is 1.90. The Hall–Kier alpha value is -1.70. The molecule has 2 rings (SSSR count). The number of carbonyl (C=O) groups excluding carboxylic acids is 1. The Morgan fingerprint density at radius 1 is 1.12 bits per heavy atom. The third-order valence-electron chi connectivity index (χ3n) is 3.92. The summed E-state index contributed by atoms with van der Waals surface area (Å²) in [5, 5.41) is 0. The number of carbonyl (C=O) groups is 1. The highest BCUT2D eigenvalue weighted by atomic mass is 32.2. The summed E-state index contributed by atoms with van der Waals surface area (Å²) < 4.78 is 27.6. The second kappa shape index (κ2) is 8.60. The molecule has 0 fully saturated rings. The van der Waals surface area contributed by atoms with Gasteiger partial charge in [0.15, 0.2) is 0 Å². The summed E-state index contributed by atoms with van der Waals surface area (Å²) in [7, 11) is -3.54. The molecule has 0 aliphatic carbocycles. The number of rotatable bonds is 8. The SMILES string of the molecule is CCc1ccc(S(=O)(=O)NCCN(C(C)=O)c2ccccc2CC)s1. The van der Waals surface area contributed by atoms with E-state index in [1.54, 1.807) is 11.0 Å². The van der Waals surface area contributed by atoms with Crippen molar-refractivity contribution < 1.29 is 13.2 Å². The number of para-hydroxylation sites is 1. The molecule has 1 heterocycles. The van der Waals surface area contributed by atoms with E-state index < -0.39 is 10.0 Å². The lowest BCUT2D eigenvalue weighted by Gasteiger charge is -2.23. The van der Waals surface area contributed by atoms with Gasteiger partial charge in [0.2, 0.25) is 15.9 Å². The molecular weight excluding hydrogens is 356 g/mol. The number of thiophene rings is 1. The third kappa shape index (κ3) is 4.90. The maximum atomic E-state index is 12.4. The van der Waals surface area contributed by atoms with E-state index in [9.17, 15) is 13.2 Å². The highest BCUT2D eigenvalue weighted by molar-refractivity contribution is 7.91. The normalized spacial score (nSPS) is 11.5. The lowest BCUT2D eigenvalue weighted by molar-refractivity contribution is -0.116. The van der Waals surface area contributed by atoms with Crippen LogP contribution in [0.2, 0.25) is 0 Å². The molecule has 0 aliphatic rings. The number of anilines is 1. The number of nitrogens with zero attached hydrogens (tertiary/aromatic N) is 1. The topological polar surface area (TPSA) is 66.5 Å². The quantitative estimate of drug-likeness (QED) is 0.765. The zero-order valence-corrected chi connectivity index (χ0v) is 16.4. The van der Waals surface area contributed by atoms with Gasteiger partial charge in [-0.15, -0.1) is 11.3 Å². The second-order valence-corrected chi connectivity index (χ2v) is 8.79. The van der Waals surface area contributed by atoms with E-state index in [4.69, 9.17) is 0 Å². The van der Waals surface area contributed by atoms with Crippen LogP contribution in [0.3, 0.4) is 0 Å². The molecule has 1 aromatic carbocycles. The Balaban J connectivity index is 2.08. The van der Waals surface area contributed by atoms with Crippen LogP contribution in [0.25, 0.3) is 0 Å². The standard InChI is InChI=1S/C18H24N2O3S2/c1-4-15-8-6-7-9-17(15)20(14(3)21)13-12-19-25(22,23)18-11-10-16(5-2)24-18/h6-11,19H,4-5,12-13H2,1-3H3. The average molecular weight is 381 g/mol. The van der Waals surface area contributed by atoms with Crippen molar-refractivity contribution in [3.8, 4) is 0 Å². The number of hydrogen-bond donors (Lipinski definition) is 1. The summed E-state index contributed by atoms with van der Waals surface area (Å²) in [6.07, 6.45) is 1.62. The van der Waals surface area contributed by atoms with E-state index in [0.717, 1.165) is 29.0 Å². The highest BCUT2D eigenvalue weighted by Crippen LogP contribution is 2.23. The van der Waals surface area contributed by atoms with Crippen molar-refractivity contribution in [2.24, 2.45) is 0 Å². The van der Waals surface area contributed by atoms with Crippen molar-refractivity contribution in [2.45, 2.75) is 37.8 Å². The predicted octanol–water partition coefficient (Wildman–Crippen LogP) is 3.20. The fourth-order valence-electron chi connectivity index (χ4n) is 2.58. The molecule has 0 unspecified atom stereocenters. The van der Waals surface area contributed by atoms with Gasteiger partial charge in [-0.1, -0.05) is 32.0 Å². The van der Waals surface area contributed by atoms with Crippen LogP contribution in [0, 0.1) is 0 Å². The van der Waals surface area contributed by atoms with Crippen molar-refractivity contribution in [3.63, 3.8) is 0 Å². The molecule has 136 valence electrons. The Kier molecular flexibility index (Phi) is 6.75. The van der Waals surface area contributed by atoms with Crippen molar-refractivity contribution in [3.05, 3.63) is 46.8 Å². The number of amides is 1. The van der Waals surface area contributed by atoms with Crippen LogP contribution in [-0.2, 0) is 27.7 Å². The van der Waals surface area contributed by atoms with Crippen LogP contribution < -0.4 is 9.62 Å². The molecule has 0 radical (unpaired) electrons. The molecule has 0 saturated heterocycles. The fourth-order valence-corrected chi connectivity index (χ4v) is 4.94. The van der Waals surface area contributed by atoms with Gasteiger partial charge in [0.25, 0.3) is 0 Å². The molecule has 7 heteroatoms. The Morgan fingerprint density at radius 3 is 2.44 bits per heavy atom. The molecule has 0 spiro atoms. The molecule has 0 bridgehead atoms. The first-order valence-corrected chi connectivity index (χ1v) is 10.6. The molecule has 0 saturated carbocycles. The summed E-state index contributed by atoms with van der Waals surface area (Å²) >= 11 is 1.28. The molecule has 0 aliphatic heterocycles.